The standard InChI is InChI=1S/C15H15Cl2NO/c1-18(13-5-3-2-4-6-13)9-10-19-15-11-12(16)7-8-14(15)17/h2-8,11H,9-10H2,1H3. The third kappa shape index (κ3) is 4.05. The van der Waals surface area contributed by atoms with Crippen LogP contribution in [-0.2, 0) is 0 Å². The highest BCUT2D eigenvalue weighted by Crippen LogP contribution is 2.27. The second-order valence-electron chi connectivity index (χ2n) is 4.18. The molecule has 2 nitrogen and oxygen atoms in total. The predicted octanol–water partition coefficient (Wildman–Crippen LogP) is 4.51. The summed E-state index contributed by atoms with van der Waals surface area (Å²) in [6, 6.07) is 15.4. The summed E-state index contributed by atoms with van der Waals surface area (Å²) in [5, 5.41) is 1.20. The second kappa shape index (κ2) is 6.69. The predicted molar refractivity (Wildman–Crippen MR) is 81.7 cm³/mol. The molecule has 0 heterocycles. The average molecular weight is 296 g/mol. The number of nitrogens with zero attached hydrogens (tertiary/aromatic N) is 1. The summed E-state index contributed by atoms with van der Waals surface area (Å²) in [7, 11) is 2.03. The van der Waals surface area contributed by atoms with Gasteiger partial charge in [-0.25, -0.2) is 0 Å². The topological polar surface area (TPSA) is 12.5 Å². The summed E-state index contributed by atoms with van der Waals surface area (Å²) >= 11 is 11.9. The van der Waals surface area contributed by atoms with Crippen molar-refractivity contribution in [2.24, 2.45) is 0 Å². The molecule has 4 heteroatoms. The minimum atomic E-state index is 0.547. The van der Waals surface area contributed by atoms with Crippen molar-refractivity contribution in [2.75, 3.05) is 25.1 Å². The van der Waals surface area contributed by atoms with Crippen LogP contribution < -0.4 is 9.64 Å². The summed E-state index contributed by atoms with van der Waals surface area (Å²) < 4.78 is 5.65. The van der Waals surface area contributed by atoms with Crippen LogP contribution >= 0.6 is 23.2 Å². The SMILES string of the molecule is CN(CCOc1cc(Cl)ccc1Cl)c1ccccc1. The van der Waals surface area contributed by atoms with E-state index in [1.54, 1.807) is 18.2 Å². The van der Waals surface area contributed by atoms with Crippen molar-refractivity contribution in [3.8, 4) is 5.75 Å². The van der Waals surface area contributed by atoms with E-state index in [2.05, 4.69) is 17.0 Å². The van der Waals surface area contributed by atoms with Crippen molar-refractivity contribution in [1.82, 2.24) is 0 Å². The van der Waals surface area contributed by atoms with Gasteiger partial charge in [0.2, 0.25) is 0 Å². The van der Waals surface area contributed by atoms with E-state index in [9.17, 15) is 0 Å². The fourth-order valence-corrected chi connectivity index (χ4v) is 2.03. The smallest absolute Gasteiger partial charge is 0.139 e. The van der Waals surface area contributed by atoms with Crippen LogP contribution in [0.25, 0.3) is 0 Å². The molecular weight excluding hydrogens is 281 g/mol. The van der Waals surface area contributed by atoms with E-state index < -0.39 is 0 Å². The molecule has 0 fully saturated rings. The average Bonchev–Trinajstić information content (AvgIpc) is 2.43. The number of ether oxygens (including phenoxy) is 1. The molecule has 0 bridgehead atoms. The van der Waals surface area contributed by atoms with Gasteiger partial charge in [-0.05, 0) is 24.3 Å². The van der Waals surface area contributed by atoms with E-state index >= 15 is 0 Å². The Kier molecular flexibility index (Phi) is 4.94. The molecule has 2 rings (SSSR count). The molecule has 0 saturated heterocycles. The number of hydrogen-bond donors (Lipinski definition) is 0. The number of likely N-dealkylation sites (N-methyl/N-ethyl adjacent to an activating group) is 1. The molecule has 0 aliphatic carbocycles. The summed E-state index contributed by atoms with van der Waals surface area (Å²) in [4.78, 5) is 2.12. The second-order valence-corrected chi connectivity index (χ2v) is 5.02. The first kappa shape index (κ1) is 14.0. The van der Waals surface area contributed by atoms with Gasteiger partial charge in [-0.2, -0.15) is 0 Å². The largest absolute Gasteiger partial charge is 0.490 e. The molecule has 0 aromatic heterocycles. The van der Waals surface area contributed by atoms with E-state index in [0.717, 1.165) is 12.2 Å². The number of halogens is 2. The lowest BCUT2D eigenvalue weighted by molar-refractivity contribution is 0.326. The summed E-state index contributed by atoms with van der Waals surface area (Å²) in [5.41, 5.74) is 1.16. The molecule has 2 aromatic carbocycles. The van der Waals surface area contributed by atoms with Crippen LogP contribution in [0, 0.1) is 0 Å². The molecule has 0 spiro atoms. The number of anilines is 1. The maximum atomic E-state index is 6.03. The molecule has 0 aliphatic rings. The molecule has 0 aliphatic heterocycles. The molecule has 0 unspecified atom stereocenters. The fraction of sp³-hybridized carbons (Fsp3) is 0.200. The zero-order valence-corrected chi connectivity index (χ0v) is 12.2. The quantitative estimate of drug-likeness (QED) is 0.805. The van der Waals surface area contributed by atoms with Crippen LogP contribution in [-0.4, -0.2) is 20.2 Å². The lowest BCUT2D eigenvalue weighted by atomic mass is 10.3. The molecule has 0 amide bonds. The molecule has 100 valence electrons. The number of benzene rings is 2. The normalized spacial score (nSPS) is 10.3. The Morgan fingerprint density at radius 2 is 1.79 bits per heavy atom. The van der Waals surface area contributed by atoms with Crippen LogP contribution in [0.2, 0.25) is 10.0 Å². The van der Waals surface area contributed by atoms with E-state index in [-0.39, 0.29) is 0 Å². The van der Waals surface area contributed by atoms with Gasteiger partial charge in [-0.1, -0.05) is 41.4 Å². The number of rotatable bonds is 5. The van der Waals surface area contributed by atoms with Gasteiger partial charge in [0, 0.05) is 23.8 Å². The van der Waals surface area contributed by atoms with Crippen molar-refractivity contribution in [3.05, 3.63) is 58.6 Å². The molecule has 19 heavy (non-hydrogen) atoms. The molecule has 2 aromatic rings. The first-order valence-corrected chi connectivity index (χ1v) is 6.76. The Bertz CT molecular complexity index is 531. The highest BCUT2D eigenvalue weighted by atomic mass is 35.5. The van der Waals surface area contributed by atoms with E-state index in [1.165, 1.54) is 0 Å². The van der Waals surface area contributed by atoms with Crippen LogP contribution in [0.3, 0.4) is 0 Å². The first-order chi connectivity index (χ1) is 9.16. The fourth-order valence-electron chi connectivity index (χ4n) is 1.69. The number of hydrogen-bond acceptors (Lipinski definition) is 2. The molecule has 0 N–H and O–H groups in total. The number of para-hydroxylation sites is 1. The van der Waals surface area contributed by atoms with Crippen LogP contribution in [0.5, 0.6) is 5.75 Å². The van der Waals surface area contributed by atoms with E-state index in [0.29, 0.717) is 22.4 Å². The molecule has 0 atom stereocenters. The van der Waals surface area contributed by atoms with Crippen LogP contribution in [0.4, 0.5) is 5.69 Å². The Morgan fingerprint density at radius 1 is 1.05 bits per heavy atom. The minimum absolute atomic E-state index is 0.547. The van der Waals surface area contributed by atoms with Crippen molar-refractivity contribution in [2.45, 2.75) is 0 Å². The maximum absolute atomic E-state index is 6.03. The van der Waals surface area contributed by atoms with Gasteiger partial charge in [-0.3, -0.25) is 0 Å². The van der Waals surface area contributed by atoms with Crippen molar-refractivity contribution in [3.63, 3.8) is 0 Å². The zero-order chi connectivity index (χ0) is 13.7. The Balaban J connectivity index is 1.88. The monoisotopic (exact) mass is 295 g/mol. The molecule has 0 radical (unpaired) electrons. The van der Waals surface area contributed by atoms with Gasteiger partial charge in [0.1, 0.15) is 12.4 Å². The Morgan fingerprint density at radius 3 is 2.53 bits per heavy atom. The van der Waals surface area contributed by atoms with Crippen molar-refractivity contribution < 1.29 is 4.74 Å². The van der Waals surface area contributed by atoms with Gasteiger partial charge in [0.25, 0.3) is 0 Å². The first-order valence-electron chi connectivity index (χ1n) is 6.01. The third-order valence-electron chi connectivity index (χ3n) is 2.77. The highest BCUT2D eigenvalue weighted by molar-refractivity contribution is 6.34. The lowest BCUT2D eigenvalue weighted by Crippen LogP contribution is -2.23. The zero-order valence-electron chi connectivity index (χ0n) is 10.6. The van der Waals surface area contributed by atoms with Gasteiger partial charge in [-0.15, -0.1) is 0 Å². The van der Waals surface area contributed by atoms with Crippen LogP contribution in [0.1, 0.15) is 0 Å². The van der Waals surface area contributed by atoms with E-state index in [1.807, 2.05) is 25.2 Å². The van der Waals surface area contributed by atoms with Gasteiger partial charge < -0.3 is 9.64 Å². The van der Waals surface area contributed by atoms with Crippen LogP contribution in [0.15, 0.2) is 48.5 Å². The molecular formula is C15H15Cl2NO. The van der Waals surface area contributed by atoms with Gasteiger partial charge in [0.05, 0.1) is 11.6 Å². The summed E-state index contributed by atoms with van der Waals surface area (Å²) in [6.45, 7) is 1.32. The lowest BCUT2D eigenvalue weighted by Gasteiger charge is -2.19. The highest BCUT2D eigenvalue weighted by Gasteiger charge is 2.04. The van der Waals surface area contributed by atoms with Gasteiger partial charge >= 0.3 is 0 Å². The van der Waals surface area contributed by atoms with Gasteiger partial charge in [0.15, 0.2) is 0 Å². The maximum Gasteiger partial charge on any atom is 0.139 e. The van der Waals surface area contributed by atoms with Crippen molar-refractivity contribution >= 4 is 28.9 Å². The minimum Gasteiger partial charge on any atom is -0.490 e. The Hall–Kier alpha value is -1.38. The van der Waals surface area contributed by atoms with E-state index in [4.69, 9.17) is 27.9 Å². The Labute approximate surface area is 123 Å². The summed E-state index contributed by atoms with van der Waals surface area (Å²) in [5.74, 6) is 0.621. The molecule has 0 saturated carbocycles. The summed E-state index contributed by atoms with van der Waals surface area (Å²) in [6.07, 6.45) is 0. The third-order valence-corrected chi connectivity index (χ3v) is 3.32. The van der Waals surface area contributed by atoms with Crippen molar-refractivity contribution in [1.29, 1.82) is 0 Å².